The summed E-state index contributed by atoms with van der Waals surface area (Å²) in [6.45, 7) is 0. The normalized spacial score (nSPS) is 19.5. The average Bonchev–Trinajstić information content (AvgIpc) is 2.67. The number of aromatic nitrogens is 1. The molecular weight excluding hydrogens is 196 g/mol. The van der Waals surface area contributed by atoms with E-state index in [0.29, 0.717) is 6.42 Å². The number of nitrogens with zero attached hydrogens (tertiary/aromatic N) is 2. The van der Waals surface area contributed by atoms with Crippen molar-refractivity contribution in [2.45, 2.75) is 18.9 Å². The Balaban J connectivity index is 2.01. The van der Waals surface area contributed by atoms with Gasteiger partial charge in [-0.2, -0.15) is 0 Å². The lowest BCUT2D eigenvalue weighted by atomic mass is 10.1. The third-order valence-electron chi connectivity index (χ3n) is 2.13. The molecule has 1 N–H and O–H groups in total. The van der Waals surface area contributed by atoms with Crippen molar-refractivity contribution in [3.63, 3.8) is 0 Å². The molecule has 1 aromatic heterocycles. The molecule has 2 heterocycles. The first-order chi connectivity index (χ1) is 7.25. The van der Waals surface area contributed by atoms with Crippen LogP contribution >= 0.6 is 0 Å². The lowest BCUT2D eigenvalue weighted by molar-refractivity contribution is -0.139. The lowest BCUT2D eigenvalue weighted by Gasteiger charge is -2.02. The Morgan fingerprint density at radius 3 is 3.20 bits per heavy atom. The van der Waals surface area contributed by atoms with Crippen LogP contribution in [-0.2, 0) is 9.63 Å². The van der Waals surface area contributed by atoms with Gasteiger partial charge in [-0.25, -0.2) is 0 Å². The summed E-state index contributed by atoms with van der Waals surface area (Å²) in [6, 6.07) is 3.68. The molecule has 1 aliphatic rings. The fourth-order valence-corrected chi connectivity index (χ4v) is 1.44. The minimum atomic E-state index is -0.873. The molecule has 0 spiro atoms. The van der Waals surface area contributed by atoms with Gasteiger partial charge in [0, 0.05) is 24.4 Å². The van der Waals surface area contributed by atoms with Crippen LogP contribution in [0.3, 0.4) is 0 Å². The van der Waals surface area contributed by atoms with Crippen LogP contribution in [0.2, 0.25) is 0 Å². The standard InChI is InChI=1S/C10H10N2O3/c13-10(14)5-8-4-9(12-15-8)7-2-1-3-11-6-7/h1-3,6,8H,4-5H2,(H,13,14). The predicted octanol–water partition coefficient (Wildman–Crippen LogP) is 1.05. The summed E-state index contributed by atoms with van der Waals surface area (Å²) in [5.41, 5.74) is 1.64. The van der Waals surface area contributed by atoms with E-state index in [2.05, 4.69) is 10.1 Å². The molecule has 0 saturated heterocycles. The van der Waals surface area contributed by atoms with Gasteiger partial charge in [-0.15, -0.1) is 0 Å². The summed E-state index contributed by atoms with van der Waals surface area (Å²) in [6.07, 6.45) is 3.52. The van der Waals surface area contributed by atoms with Gasteiger partial charge in [-0.1, -0.05) is 5.16 Å². The van der Waals surface area contributed by atoms with Gasteiger partial charge >= 0.3 is 5.97 Å². The molecule has 0 bridgehead atoms. The summed E-state index contributed by atoms with van der Waals surface area (Å²) < 4.78 is 0. The molecule has 1 aliphatic heterocycles. The fourth-order valence-electron chi connectivity index (χ4n) is 1.44. The van der Waals surface area contributed by atoms with Gasteiger partial charge in [0.15, 0.2) is 0 Å². The van der Waals surface area contributed by atoms with Gasteiger partial charge in [-0.3, -0.25) is 9.78 Å². The van der Waals surface area contributed by atoms with Crippen LogP contribution in [0.4, 0.5) is 0 Å². The van der Waals surface area contributed by atoms with Gasteiger partial charge in [0.2, 0.25) is 0 Å². The van der Waals surface area contributed by atoms with Gasteiger partial charge in [0.25, 0.3) is 0 Å². The van der Waals surface area contributed by atoms with Crippen molar-refractivity contribution in [2.75, 3.05) is 0 Å². The van der Waals surface area contributed by atoms with Crippen LogP contribution in [-0.4, -0.2) is 27.9 Å². The van der Waals surface area contributed by atoms with E-state index in [1.165, 1.54) is 0 Å². The molecule has 0 amide bonds. The number of carbonyl (C=O) groups is 1. The highest BCUT2D eigenvalue weighted by Crippen LogP contribution is 2.18. The number of aliphatic carboxylic acids is 1. The SMILES string of the molecule is O=C(O)CC1CC(c2cccnc2)=NO1. The number of pyridine rings is 1. The highest BCUT2D eigenvalue weighted by Gasteiger charge is 2.24. The largest absolute Gasteiger partial charge is 0.481 e. The Bertz CT molecular complexity index is 389. The molecule has 0 aliphatic carbocycles. The van der Waals surface area contributed by atoms with E-state index in [9.17, 15) is 4.79 Å². The number of oxime groups is 1. The highest BCUT2D eigenvalue weighted by molar-refractivity contribution is 6.01. The maximum atomic E-state index is 10.5. The summed E-state index contributed by atoms with van der Waals surface area (Å²) >= 11 is 0. The molecular formula is C10H10N2O3. The molecule has 1 atom stereocenters. The van der Waals surface area contributed by atoms with E-state index in [0.717, 1.165) is 11.3 Å². The summed E-state index contributed by atoms with van der Waals surface area (Å²) in [5.74, 6) is -0.873. The van der Waals surface area contributed by atoms with Gasteiger partial charge in [-0.05, 0) is 12.1 Å². The smallest absolute Gasteiger partial charge is 0.307 e. The fraction of sp³-hybridized carbons (Fsp3) is 0.300. The first-order valence-corrected chi connectivity index (χ1v) is 4.60. The molecule has 5 nitrogen and oxygen atoms in total. The Labute approximate surface area is 86.4 Å². The number of carboxylic acids is 1. The zero-order chi connectivity index (χ0) is 10.7. The maximum absolute atomic E-state index is 10.5. The molecule has 1 unspecified atom stereocenters. The monoisotopic (exact) mass is 206 g/mol. The molecule has 0 radical (unpaired) electrons. The van der Waals surface area contributed by atoms with Crippen molar-refractivity contribution in [3.05, 3.63) is 30.1 Å². The van der Waals surface area contributed by atoms with E-state index in [1.54, 1.807) is 12.4 Å². The third kappa shape index (κ3) is 2.31. The molecule has 0 aromatic carbocycles. The number of rotatable bonds is 3. The maximum Gasteiger partial charge on any atom is 0.307 e. The van der Waals surface area contributed by atoms with Crippen LogP contribution in [0.25, 0.3) is 0 Å². The summed E-state index contributed by atoms with van der Waals surface area (Å²) in [7, 11) is 0. The van der Waals surface area contributed by atoms with E-state index < -0.39 is 5.97 Å². The Morgan fingerprint density at radius 1 is 1.67 bits per heavy atom. The Morgan fingerprint density at radius 2 is 2.53 bits per heavy atom. The number of hydrogen-bond donors (Lipinski definition) is 1. The van der Waals surface area contributed by atoms with E-state index in [4.69, 9.17) is 9.94 Å². The van der Waals surface area contributed by atoms with Crippen molar-refractivity contribution >= 4 is 11.7 Å². The molecule has 2 rings (SSSR count). The van der Waals surface area contributed by atoms with Gasteiger partial charge in [0.1, 0.15) is 6.10 Å². The van der Waals surface area contributed by atoms with Crippen molar-refractivity contribution in [1.82, 2.24) is 4.98 Å². The van der Waals surface area contributed by atoms with E-state index in [-0.39, 0.29) is 12.5 Å². The number of carboxylic acid groups (broad SMARTS) is 1. The first kappa shape index (κ1) is 9.64. The quantitative estimate of drug-likeness (QED) is 0.802. The second-order valence-electron chi connectivity index (χ2n) is 3.31. The molecule has 1 aromatic rings. The van der Waals surface area contributed by atoms with Crippen LogP contribution < -0.4 is 0 Å². The second kappa shape index (κ2) is 4.08. The minimum absolute atomic E-state index is 0.0206. The summed E-state index contributed by atoms with van der Waals surface area (Å²) in [5, 5.41) is 12.4. The Hall–Kier alpha value is -1.91. The van der Waals surface area contributed by atoms with Gasteiger partial charge < -0.3 is 9.94 Å². The van der Waals surface area contributed by atoms with Crippen LogP contribution in [0.15, 0.2) is 29.7 Å². The van der Waals surface area contributed by atoms with Crippen LogP contribution in [0.5, 0.6) is 0 Å². The highest BCUT2D eigenvalue weighted by atomic mass is 16.6. The first-order valence-electron chi connectivity index (χ1n) is 4.60. The van der Waals surface area contributed by atoms with Crippen LogP contribution in [0.1, 0.15) is 18.4 Å². The van der Waals surface area contributed by atoms with Gasteiger partial charge in [0.05, 0.1) is 12.1 Å². The van der Waals surface area contributed by atoms with E-state index >= 15 is 0 Å². The second-order valence-corrected chi connectivity index (χ2v) is 3.31. The number of hydrogen-bond acceptors (Lipinski definition) is 4. The van der Waals surface area contributed by atoms with Crippen molar-refractivity contribution < 1.29 is 14.7 Å². The Kier molecular flexibility index (Phi) is 2.62. The molecule has 5 heteroatoms. The summed E-state index contributed by atoms with van der Waals surface area (Å²) in [4.78, 5) is 19.4. The minimum Gasteiger partial charge on any atom is -0.481 e. The topological polar surface area (TPSA) is 71.8 Å². The third-order valence-corrected chi connectivity index (χ3v) is 2.13. The van der Waals surface area contributed by atoms with Crippen LogP contribution in [0, 0.1) is 0 Å². The lowest BCUT2D eigenvalue weighted by Crippen LogP contribution is -2.13. The molecule has 0 saturated carbocycles. The molecule has 15 heavy (non-hydrogen) atoms. The zero-order valence-electron chi connectivity index (χ0n) is 7.96. The zero-order valence-corrected chi connectivity index (χ0v) is 7.96. The average molecular weight is 206 g/mol. The van der Waals surface area contributed by atoms with E-state index in [1.807, 2.05) is 12.1 Å². The molecule has 0 fully saturated rings. The molecule has 78 valence electrons. The van der Waals surface area contributed by atoms with Crippen molar-refractivity contribution in [1.29, 1.82) is 0 Å². The van der Waals surface area contributed by atoms with Crippen molar-refractivity contribution in [3.8, 4) is 0 Å². The van der Waals surface area contributed by atoms with Crippen molar-refractivity contribution in [2.24, 2.45) is 5.16 Å². The predicted molar refractivity (Wildman–Crippen MR) is 52.5 cm³/mol.